The van der Waals surface area contributed by atoms with Crippen LogP contribution in [0, 0.1) is 0 Å². The fourth-order valence-corrected chi connectivity index (χ4v) is 10.4. The summed E-state index contributed by atoms with van der Waals surface area (Å²) in [5.74, 6) is -9.27. The molecule has 2 aliphatic rings. The van der Waals surface area contributed by atoms with Gasteiger partial charge in [-0.25, -0.2) is 4.79 Å². The summed E-state index contributed by atoms with van der Waals surface area (Å²) in [6, 6.07) is 13.3. The van der Waals surface area contributed by atoms with Crippen molar-refractivity contribution in [3.63, 3.8) is 0 Å². The molecule has 0 radical (unpaired) electrons. The van der Waals surface area contributed by atoms with Gasteiger partial charge in [-0.1, -0.05) is 91.0 Å². The zero-order valence-corrected chi connectivity index (χ0v) is 51.1. The Morgan fingerprint density at radius 3 is 1.39 bits per heavy atom. The second kappa shape index (κ2) is 37.3. The molecule has 2 aliphatic heterocycles. The number of hydrogen-bond donors (Lipinski definition) is 17. The normalized spacial score (nSPS) is 17.3. The molecule has 5 rings (SSSR count). The number of hydrogen-bond acceptors (Lipinski definition) is 16. The van der Waals surface area contributed by atoms with Gasteiger partial charge in [0.25, 0.3) is 0 Å². The Morgan fingerprint density at radius 1 is 0.522 bits per heavy atom. The molecule has 2 fully saturated rings. The van der Waals surface area contributed by atoms with E-state index in [0.29, 0.717) is 29.5 Å². The van der Waals surface area contributed by atoms with Crippen molar-refractivity contribution < 1.29 is 63.3 Å². The molecular formula is C60H87N19O13. The number of carboxylic acid groups (broad SMARTS) is 1. The lowest BCUT2D eigenvalue weighted by Gasteiger charge is -2.33. The van der Waals surface area contributed by atoms with Crippen LogP contribution in [0.5, 0.6) is 0 Å². The number of aliphatic imine (C=N–C) groups is 3. The number of carboxylic acids is 1. The van der Waals surface area contributed by atoms with Crippen molar-refractivity contribution in [3.8, 4) is 0 Å². The Bertz CT molecular complexity index is 3060. The van der Waals surface area contributed by atoms with Gasteiger partial charge >= 0.3 is 5.97 Å². The van der Waals surface area contributed by atoms with Crippen molar-refractivity contribution in [2.24, 2.45) is 55.1 Å². The Balaban J connectivity index is 1.28. The molecule has 0 saturated carbocycles. The second-order valence-electron chi connectivity index (χ2n) is 22.3. The molecule has 92 heavy (non-hydrogen) atoms. The fourth-order valence-electron chi connectivity index (χ4n) is 10.4. The lowest BCUT2D eigenvalue weighted by molar-refractivity contribution is -0.148. The molecule has 2 saturated heterocycles. The van der Waals surface area contributed by atoms with Crippen molar-refractivity contribution in [3.05, 3.63) is 108 Å². The molecule has 3 aromatic carbocycles. The van der Waals surface area contributed by atoms with Gasteiger partial charge in [0.05, 0.1) is 25.3 Å². The van der Waals surface area contributed by atoms with Crippen molar-refractivity contribution in [2.75, 3.05) is 45.9 Å². The summed E-state index contributed by atoms with van der Waals surface area (Å²) < 4.78 is 0. The van der Waals surface area contributed by atoms with Crippen LogP contribution < -0.4 is 77.4 Å². The number of benzene rings is 3. The molecule has 0 aliphatic carbocycles. The van der Waals surface area contributed by atoms with Gasteiger partial charge in [0.1, 0.15) is 48.3 Å². The molecule has 2 heterocycles. The molecule has 0 bridgehead atoms. The zero-order valence-electron chi connectivity index (χ0n) is 51.1. The largest absolute Gasteiger partial charge is 0.480 e. The molecule has 9 amide bonds. The Kier molecular flexibility index (Phi) is 29.5. The minimum absolute atomic E-state index is 0.0596. The van der Waals surface area contributed by atoms with Crippen molar-refractivity contribution >= 4 is 77.0 Å². The summed E-state index contributed by atoms with van der Waals surface area (Å²) in [7, 11) is 0. The second-order valence-corrected chi connectivity index (χ2v) is 22.3. The number of carbonyl (C=O) groups excluding carboxylic acids is 9. The third kappa shape index (κ3) is 24.1. The average Bonchev–Trinajstić information content (AvgIpc) is 1.78. The highest BCUT2D eigenvalue weighted by atomic mass is 16.4. The van der Waals surface area contributed by atoms with Crippen LogP contribution in [0.4, 0.5) is 0 Å². The number of aliphatic hydroxyl groups is 2. The maximum absolute atomic E-state index is 14.4. The fraction of sp³-hybridized carbons (Fsp3) is 0.483. The van der Waals surface area contributed by atoms with E-state index < -0.39 is 133 Å². The van der Waals surface area contributed by atoms with Gasteiger partial charge in [0, 0.05) is 58.4 Å². The summed E-state index contributed by atoms with van der Waals surface area (Å²) >= 11 is 0. The van der Waals surface area contributed by atoms with Gasteiger partial charge < -0.3 is 102 Å². The van der Waals surface area contributed by atoms with Gasteiger partial charge in [-0.2, -0.15) is 0 Å². The molecule has 500 valence electrons. The molecular weight excluding hydrogens is 1190 g/mol. The van der Waals surface area contributed by atoms with Crippen molar-refractivity contribution in [1.82, 2.24) is 47.0 Å². The highest BCUT2D eigenvalue weighted by molar-refractivity contribution is 5.98. The number of aliphatic carboxylic acids is 1. The Morgan fingerprint density at radius 2 is 0.935 bits per heavy atom. The first kappa shape index (κ1) is 72.8. The minimum Gasteiger partial charge on any atom is -0.480 e. The number of amides is 9. The van der Waals surface area contributed by atoms with E-state index in [1.165, 1.54) is 4.90 Å². The Hall–Kier alpha value is -9.95. The number of likely N-dealkylation sites (tertiary alicyclic amines) is 2. The Labute approximate surface area is 531 Å². The monoisotopic (exact) mass is 1280 g/mol. The van der Waals surface area contributed by atoms with Gasteiger partial charge in [0.15, 0.2) is 17.9 Å². The van der Waals surface area contributed by atoms with Crippen LogP contribution in [0.1, 0.15) is 74.5 Å². The molecule has 1 unspecified atom stereocenters. The smallest absolute Gasteiger partial charge is 0.326 e. The SMILES string of the molecule is NC(N)=NCCC[C@H](NC(=O)[C@H](Cc1ccccc1)NC(=O)[C@@H](Cc1ccccc1)NC(=O)[C@H](CO)NC(=O)[C@H](Cc1ccccc1)NC(=O)CNC(=O)C1C[C@@H](O)CN1C(=O)[C@@H]1CCCN1C(=O)[C@H](CCCN=C(N)N)NC(=O)[C@@H](N)CCCN=C(N)N)C(=O)O. The van der Waals surface area contributed by atoms with Crippen LogP contribution >= 0.6 is 0 Å². The average molecular weight is 1280 g/mol. The van der Waals surface area contributed by atoms with Crippen LogP contribution in [-0.4, -0.2) is 208 Å². The van der Waals surface area contributed by atoms with Crippen LogP contribution in [0.15, 0.2) is 106 Å². The molecule has 32 nitrogen and oxygen atoms in total. The number of carbonyl (C=O) groups is 10. The minimum atomic E-state index is -1.75. The van der Waals surface area contributed by atoms with E-state index >= 15 is 0 Å². The molecule has 3 aromatic rings. The molecule has 0 aromatic heterocycles. The molecule has 24 N–H and O–H groups in total. The predicted molar refractivity (Wildman–Crippen MR) is 338 cm³/mol. The van der Waals surface area contributed by atoms with Crippen LogP contribution in [-0.2, 0) is 67.2 Å². The third-order valence-corrected chi connectivity index (χ3v) is 15.1. The summed E-state index contributed by atoms with van der Waals surface area (Å²) in [5.41, 5.74) is 40.4. The standard InChI is InChI=1S/C60H87N19O13/c61-39(20-10-24-68-58(62)63)49(83)73-40(21-11-25-69-59(64)65)55(89)78-27-13-23-46(78)56(90)79-33-38(81)31-47(79)54(88)71-32-48(82)72-42(28-35-14-4-1-5-15-35)50(84)77-45(34-80)53(87)76-44(30-37-18-8-3-9-19-37)52(86)75-43(29-36-16-6-2-7-17-36)51(85)74-41(57(91)92)22-12-26-70-60(66)67/h1-9,14-19,38-47,80-81H,10-13,20-34,61H2,(H,71,88)(H,72,82)(H,73,83)(H,74,85)(H,75,86)(H,76,87)(H,77,84)(H,91,92)(H4,62,63,68)(H4,64,65,69)(H4,66,67,70)/t38-,39+,40+,41+,42+,43+,44-,45+,46+,47?/m1/s1. The highest BCUT2D eigenvalue weighted by Crippen LogP contribution is 2.27. The van der Waals surface area contributed by atoms with Gasteiger partial charge in [-0.05, 0) is 68.1 Å². The van der Waals surface area contributed by atoms with Crippen molar-refractivity contribution in [1.29, 1.82) is 0 Å². The first-order valence-corrected chi connectivity index (χ1v) is 30.2. The van der Waals surface area contributed by atoms with E-state index in [1.807, 2.05) is 0 Å². The number of nitrogens with one attached hydrogen (secondary N) is 7. The molecule has 10 atom stereocenters. The van der Waals surface area contributed by atoms with Gasteiger partial charge in [0.2, 0.25) is 53.2 Å². The summed E-state index contributed by atoms with van der Waals surface area (Å²) in [5, 5.41) is 49.4. The topological polar surface area (TPSA) is 541 Å². The van der Waals surface area contributed by atoms with E-state index in [0.717, 1.165) is 4.90 Å². The first-order valence-electron chi connectivity index (χ1n) is 30.2. The van der Waals surface area contributed by atoms with E-state index in [9.17, 15) is 63.3 Å². The van der Waals surface area contributed by atoms with E-state index in [4.69, 9.17) is 40.1 Å². The molecule has 0 spiro atoms. The van der Waals surface area contributed by atoms with E-state index in [-0.39, 0.29) is 115 Å². The lowest BCUT2D eigenvalue weighted by Crippen LogP contribution is -2.60. The third-order valence-electron chi connectivity index (χ3n) is 15.1. The number of aliphatic hydroxyl groups excluding tert-OH is 2. The summed E-state index contributed by atoms with van der Waals surface area (Å²) in [6.45, 7) is -1.52. The number of rotatable bonds is 36. The van der Waals surface area contributed by atoms with Gasteiger partial charge in [-0.3, -0.25) is 58.1 Å². The summed E-state index contributed by atoms with van der Waals surface area (Å²) in [6.07, 6.45) is -0.323. The van der Waals surface area contributed by atoms with Crippen LogP contribution in [0.3, 0.4) is 0 Å². The van der Waals surface area contributed by atoms with Gasteiger partial charge in [-0.15, -0.1) is 0 Å². The number of guanidine groups is 3. The summed E-state index contributed by atoms with van der Waals surface area (Å²) in [4.78, 5) is 153. The maximum Gasteiger partial charge on any atom is 0.326 e. The van der Waals surface area contributed by atoms with Crippen LogP contribution in [0.2, 0.25) is 0 Å². The maximum atomic E-state index is 14.4. The molecule has 32 heteroatoms. The predicted octanol–water partition coefficient (Wildman–Crippen LogP) is -5.74. The zero-order chi connectivity index (χ0) is 67.3. The first-order chi connectivity index (χ1) is 43.9. The van der Waals surface area contributed by atoms with Crippen molar-refractivity contribution in [2.45, 2.75) is 138 Å². The lowest BCUT2D eigenvalue weighted by atomic mass is 10.0. The number of β-amino-alcohol motifs (C(OH)–C–C–N with tert-alkyl or cyclic N) is 1. The van der Waals surface area contributed by atoms with E-state index in [1.54, 1.807) is 91.0 Å². The van der Waals surface area contributed by atoms with Crippen LogP contribution in [0.25, 0.3) is 0 Å². The number of nitrogens with two attached hydrogens (primary N) is 7. The highest BCUT2D eigenvalue weighted by Gasteiger charge is 2.46. The number of nitrogens with zero attached hydrogens (tertiary/aromatic N) is 5. The quantitative estimate of drug-likeness (QED) is 0.0147. The van der Waals surface area contributed by atoms with E-state index in [2.05, 4.69) is 52.2 Å².